The van der Waals surface area contributed by atoms with Crippen molar-refractivity contribution < 1.29 is 17.9 Å². The van der Waals surface area contributed by atoms with Crippen LogP contribution in [0.3, 0.4) is 0 Å². The average Bonchev–Trinajstić information content (AvgIpc) is 2.53. The molecule has 0 saturated carbocycles. The fraction of sp³-hybridized carbons (Fsp3) is 0.833. The van der Waals surface area contributed by atoms with Gasteiger partial charge in [-0.2, -0.15) is 0 Å². The summed E-state index contributed by atoms with van der Waals surface area (Å²) < 4.78 is 25.1. The third-order valence-electron chi connectivity index (χ3n) is 1.64. The number of thiol groups is 1. The molecule has 0 aromatic carbocycles. The van der Waals surface area contributed by atoms with Crippen LogP contribution in [-0.2, 0) is 15.4 Å². The quantitative estimate of drug-likeness (QED) is 0.499. The SMILES string of the molecule is O=C(NC[SH](=O)=O)O[C@@H]1CCNC1. The van der Waals surface area contributed by atoms with Crippen molar-refractivity contribution >= 4 is 16.8 Å². The van der Waals surface area contributed by atoms with Gasteiger partial charge in [-0.25, -0.2) is 13.2 Å². The van der Waals surface area contributed by atoms with Crippen LogP contribution < -0.4 is 10.6 Å². The lowest BCUT2D eigenvalue weighted by atomic mass is 10.3. The molecule has 0 aromatic rings. The summed E-state index contributed by atoms with van der Waals surface area (Å²) in [6.45, 7) is 1.46. The molecule has 1 fully saturated rings. The Morgan fingerprint density at radius 1 is 1.62 bits per heavy atom. The Morgan fingerprint density at radius 2 is 2.38 bits per heavy atom. The number of rotatable bonds is 3. The highest BCUT2D eigenvalue weighted by Crippen LogP contribution is 2.02. The van der Waals surface area contributed by atoms with Gasteiger partial charge in [0.1, 0.15) is 12.0 Å². The van der Waals surface area contributed by atoms with Crippen molar-refractivity contribution in [3.05, 3.63) is 0 Å². The highest BCUT2D eigenvalue weighted by Gasteiger charge is 2.18. The maximum Gasteiger partial charge on any atom is 0.408 e. The molecule has 76 valence electrons. The zero-order valence-electron chi connectivity index (χ0n) is 6.99. The van der Waals surface area contributed by atoms with E-state index >= 15 is 0 Å². The Morgan fingerprint density at radius 3 is 2.92 bits per heavy atom. The van der Waals surface area contributed by atoms with Crippen molar-refractivity contribution in [3.8, 4) is 0 Å². The Balaban J connectivity index is 2.16. The van der Waals surface area contributed by atoms with Crippen molar-refractivity contribution in [1.29, 1.82) is 0 Å². The molecule has 0 bridgehead atoms. The van der Waals surface area contributed by atoms with Gasteiger partial charge < -0.3 is 15.4 Å². The Hall–Kier alpha value is -0.820. The molecule has 1 heterocycles. The first-order valence-corrected chi connectivity index (χ1v) is 5.32. The Bertz CT molecular complexity index is 239. The average molecular weight is 208 g/mol. The third-order valence-corrected chi connectivity index (χ3v) is 2.06. The molecule has 1 saturated heterocycles. The fourth-order valence-electron chi connectivity index (χ4n) is 1.05. The van der Waals surface area contributed by atoms with Crippen LogP contribution >= 0.6 is 0 Å². The molecule has 0 aromatic heterocycles. The van der Waals surface area contributed by atoms with E-state index in [0.29, 0.717) is 6.54 Å². The minimum Gasteiger partial charge on any atom is -0.445 e. The van der Waals surface area contributed by atoms with E-state index in [0.717, 1.165) is 13.0 Å². The van der Waals surface area contributed by atoms with Gasteiger partial charge in [-0.15, -0.1) is 0 Å². The van der Waals surface area contributed by atoms with Crippen molar-refractivity contribution in [1.82, 2.24) is 10.6 Å². The van der Waals surface area contributed by atoms with Crippen LogP contribution in [0.1, 0.15) is 6.42 Å². The summed E-state index contributed by atoms with van der Waals surface area (Å²) in [5, 5.41) is 5.14. The molecule has 1 aliphatic rings. The largest absolute Gasteiger partial charge is 0.445 e. The van der Waals surface area contributed by atoms with E-state index in [1.54, 1.807) is 0 Å². The predicted molar refractivity (Wildman–Crippen MR) is 46.1 cm³/mol. The number of carbonyl (C=O) groups is 1. The second-order valence-electron chi connectivity index (χ2n) is 2.69. The number of hydrogen-bond acceptors (Lipinski definition) is 5. The highest BCUT2D eigenvalue weighted by atomic mass is 32.2. The monoisotopic (exact) mass is 208 g/mol. The van der Waals surface area contributed by atoms with Gasteiger partial charge >= 0.3 is 6.09 Å². The van der Waals surface area contributed by atoms with Gasteiger partial charge in [0, 0.05) is 6.54 Å². The normalized spacial score (nSPS) is 21.8. The summed E-state index contributed by atoms with van der Waals surface area (Å²) in [4.78, 5) is 10.9. The van der Waals surface area contributed by atoms with Crippen molar-refractivity contribution in [2.45, 2.75) is 12.5 Å². The molecule has 7 heteroatoms. The third kappa shape index (κ3) is 4.09. The van der Waals surface area contributed by atoms with Gasteiger partial charge in [0.25, 0.3) is 0 Å². The van der Waals surface area contributed by atoms with Crippen LogP contribution in [0.5, 0.6) is 0 Å². The summed E-state index contributed by atoms with van der Waals surface area (Å²) in [5.41, 5.74) is 0. The van der Waals surface area contributed by atoms with Crippen molar-refractivity contribution in [2.24, 2.45) is 0 Å². The number of alkyl carbamates (subject to hydrolysis) is 1. The van der Waals surface area contributed by atoms with E-state index in [1.165, 1.54) is 0 Å². The van der Waals surface area contributed by atoms with Gasteiger partial charge in [-0.1, -0.05) is 0 Å². The van der Waals surface area contributed by atoms with Crippen LogP contribution in [0.25, 0.3) is 0 Å². The lowest BCUT2D eigenvalue weighted by Gasteiger charge is -2.09. The number of amides is 1. The van der Waals surface area contributed by atoms with Crippen LogP contribution in [0, 0.1) is 0 Å². The predicted octanol–water partition coefficient (Wildman–Crippen LogP) is -1.36. The lowest BCUT2D eigenvalue weighted by molar-refractivity contribution is 0.109. The molecule has 1 rings (SSSR count). The molecular formula is C6H12N2O4S. The van der Waals surface area contributed by atoms with E-state index in [1.807, 2.05) is 0 Å². The molecule has 1 atom stereocenters. The summed E-state index contributed by atoms with van der Waals surface area (Å²) in [7, 11) is -2.58. The first-order chi connectivity index (χ1) is 6.18. The molecule has 0 spiro atoms. The van der Waals surface area contributed by atoms with E-state index in [-0.39, 0.29) is 12.0 Å². The fourth-order valence-corrected chi connectivity index (χ4v) is 1.31. The number of hydrogen-bond donors (Lipinski definition) is 3. The molecule has 0 aliphatic carbocycles. The Kier molecular flexibility index (Phi) is 3.97. The molecule has 1 amide bonds. The summed E-state index contributed by atoms with van der Waals surface area (Å²) in [5.74, 6) is -0.367. The van der Waals surface area contributed by atoms with Crippen LogP contribution in [0.15, 0.2) is 0 Å². The first kappa shape index (κ1) is 10.3. The molecule has 13 heavy (non-hydrogen) atoms. The second-order valence-corrected chi connectivity index (χ2v) is 3.67. The molecule has 1 aliphatic heterocycles. The summed E-state index contributed by atoms with van der Waals surface area (Å²) >= 11 is 0. The maximum atomic E-state index is 10.9. The van der Waals surface area contributed by atoms with Crippen LogP contribution in [0.2, 0.25) is 0 Å². The first-order valence-electron chi connectivity index (χ1n) is 3.95. The zero-order chi connectivity index (χ0) is 9.68. The molecule has 0 radical (unpaired) electrons. The van der Waals surface area contributed by atoms with Gasteiger partial charge in [0.2, 0.25) is 0 Å². The molecular weight excluding hydrogens is 196 g/mol. The number of nitrogens with one attached hydrogen (secondary N) is 2. The van der Waals surface area contributed by atoms with E-state index in [9.17, 15) is 13.2 Å². The molecule has 6 nitrogen and oxygen atoms in total. The maximum absolute atomic E-state index is 10.9. The number of ether oxygens (including phenoxy) is 1. The molecule has 2 N–H and O–H groups in total. The van der Waals surface area contributed by atoms with Crippen LogP contribution in [-0.4, -0.2) is 39.6 Å². The van der Waals surface area contributed by atoms with Gasteiger partial charge in [0.05, 0.1) is 0 Å². The standard InChI is InChI=1S/C6H12N2O4S/c9-6(8-4-13(10)11)12-5-1-2-7-3-5/h5,7,13H,1-4H2,(H,8,9)/t5-/m1/s1. The summed E-state index contributed by atoms with van der Waals surface area (Å²) in [6, 6.07) is 0. The highest BCUT2D eigenvalue weighted by molar-refractivity contribution is 7.72. The smallest absolute Gasteiger partial charge is 0.408 e. The van der Waals surface area contributed by atoms with Crippen molar-refractivity contribution in [3.63, 3.8) is 0 Å². The minimum atomic E-state index is -2.58. The van der Waals surface area contributed by atoms with E-state index < -0.39 is 16.8 Å². The van der Waals surface area contributed by atoms with E-state index in [2.05, 4.69) is 10.6 Å². The minimum absolute atomic E-state index is 0.135. The molecule has 0 unspecified atom stereocenters. The van der Waals surface area contributed by atoms with Gasteiger partial charge in [-0.05, 0) is 13.0 Å². The van der Waals surface area contributed by atoms with Gasteiger partial charge in [-0.3, -0.25) is 0 Å². The number of carbonyl (C=O) groups excluding carboxylic acids is 1. The van der Waals surface area contributed by atoms with E-state index in [4.69, 9.17) is 4.74 Å². The Labute approximate surface area is 77.6 Å². The second kappa shape index (κ2) is 5.03. The van der Waals surface area contributed by atoms with Gasteiger partial charge in [0.15, 0.2) is 10.7 Å². The summed E-state index contributed by atoms with van der Waals surface area (Å²) in [6.07, 6.45) is -0.0332. The topological polar surface area (TPSA) is 84.5 Å². The zero-order valence-corrected chi connectivity index (χ0v) is 7.88. The van der Waals surface area contributed by atoms with Crippen molar-refractivity contribution in [2.75, 3.05) is 19.0 Å². The lowest BCUT2D eigenvalue weighted by Crippen LogP contribution is -2.31. The van der Waals surface area contributed by atoms with Crippen LogP contribution in [0.4, 0.5) is 4.79 Å².